The quantitative estimate of drug-likeness (QED) is 0.557. The summed E-state index contributed by atoms with van der Waals surface area (Å²) in [6.07, 6.45) is 1.31. The van der Waals surface area contributed by atoms with Crippen LogP contribution >= 0.6 is 0 Å². The van der Waals surface area contributed by atoms with Gasteiger partial charge in [-0.3, -0.25) is 14.8 Å². The minimum absolute atomic E-state index is 0.0482. The number of nitrogens with one attached hydrogen (secondary N) is 1. The molecule has 23 heavy (non-hydrogen) atoms. The normalized spacial score (nSPS) is 12.3. The number of aromatic nitrogens is 2. The van der Waals surface area contributed by atoms with Crippen molar-refractivity contribution in [3.05, 3.63) is 46.1 Å². The number of non-ortho nitro benzene ring substituents is 1. The van der Waals surface area contributed by atoms with E-state index in [9.17, 15) is 15.2 Å². The highest BCUT2D eigenvalue weighted by Crippen LogP contribution is 2.24. The number of benzene rings is 1. The Balaban J connectivity index is 2.09. The van der Waals surface area contributed by atoms with Gasteiger partial charge in [0.25, 0.3) is 5.69 Å². The number of hydrogen-bond donors (Lipinski definition) is 2. The highest BCUT2D eigenvalue weighted by Gasteiger charge is 2.12. The summed E-state index contributed by atoms with van der Waals surface area (Å²) in [5.74, 6) is 0. The molecule has 1 aromatic carbocycles. The van der Waals surface area contributed by atoms with Crippen molar-refractivity contribution in [1.82, 2.24) is 15.1 Å². The van der Waals surface area contributed by atoms with Gasteiger partial charge >= 0.3 is 0 Å². The number of nitrogens with zero attached hydrogens (tertiary/aromatic N) is 3. The fraction of sp³-hybridized carbons (Fsp3) is 0.400. The highest BCUT2D eigenvalue weighted by atomic mass is 16.6. The lowest BCUT2D eigenvalue weighted by Crippen LogP contribution is -2.29. The lowest BCUT2D eigenvalue weighted by Gasteiger charge is -2.10. The summed E-state index contributed by atoms with van der Waals surface area (Å²) in [4.78, 5) is 10.3. The number of aliphatic hydroxyl groups excluding tert-OH is 1. The van der Waals surface area contributed by atoms with Gasteiger partial charge in [-0.2, -0.15) is 5.10 Å². The molecule has 0 spiro atoms. The first-order chi connectivity index (χ1) is 11.0. The van der Waals surface area contributed by atoms with Gasteiger partial charge in [0.05, 0.1) is 23.3 Å². The number of nitro groups is 1. The second kappa shape index (κ2) is 7.82. The molecule has 0 aliphatic carbocycles. The smallest absolute Gasteiger partial charge is 0.269 e. The van der Waals surface area contributed by atoms with Crippen molar-refractivity contribution in [2.75, 3.05) is 20.3 Å². The van der Waals surface area contributed by atoms with Crippen molar-refractivity contribution >= 4 is 5.69 Å². The van der Waals surface area contributed by atoms with Gasteiger partial charge in [-0.1, -0.05) is 0 Å². The van der Waals surface area contributed by atoms with Crippen LogP contribution in [0.25, 0.3) is 11.3 Å². The molecular weight excluding hydrogens is 300 g/mol. The zero-order valence-electron chi connectivity index (χ0n) is 13.1. The molecule has 2 aromatic rings. The minimum atomic E-state index is -0.570. The summed E-state index contributed by atoms with van der Waals surface area (Å²) in [6, 6.07) is 6.29. The molecule has 124 valence electrons. The molecule has 0 fully saturated rings. The second-order valence-electron chi connectivity index (χ2n) is 5.22. The first-order valence-corrected chi connectivity index (χ1v) is 7.16. The van der Waals surface area contributed by atoms with Crippen molar-refractivity contribution in [2.45, 2.75) is 12.6 Å². The molecule has 8 nitrogen and oxygen atoms in total. The fourth-order valence-corrected chi connectivity index (χ4v) is 2.28. The molecule has 2 N–H and O–H groups in total. The van der Waals surface area contributed by atoms with Crippen molar-refractivity contribution in [3.8, 4) is 11.3 Å². The van der Waals surface area contributed by atoms with E-state index in [1.165, 1.54) is 19.2 Å². The Labute approximate surface area is 133 Å². The Kier molecular flexibility index (Phi) is 5.80. The van der Waals surface area contributed by atoms with Gasteiger partial charge in [0.2, 0.25) is 0 Å². The Morgan fingerprint density at radius 1 is 1.43 bits per heavy atom. The van der Waals surface area contributed by atoms with Crippen LogP contribution in [-0.4, -0.2) is 46.2 Å². The Bertz CT molecular complexity index is 654. The van der Waals surface area contributed by atoms with Crippen LogP contribution < -0.4 is 5.32 Å². The van der Waals surface area contributed by atoms with Gasteiger partial charge in [-0.15, -0.1) is 0 Å². The molecule has 0 aliphatic rings. The Morgan fingerprint density at radius 3 is 2.74 bits per heavy atom. The van der Waals surface area contributed by atoms with Crippen LogP contribution in [0.5, 0.6) is 0 Å². The molecule has 8 heteroatoms. The van der Waals surface area contributed by atoms with Gasteiger partial charge in [-0.05, 0) is 12.1 Å². The van der Waals surface area contributed by atoms with Gasteiger partial charge in [0.1, 0.15) is 0 Å². The Hall–Kier alpha value is -2.29. The van der Waals surface area contributed by atoms with Crippen LogP contribution in [0.15, 0.2) is 30.5 Å². The van der Waals surface area contributed by atoms with Crippen molar-refractivity contribution in [3.63, 3.8) is 0 Å². The monoisotopic (exact) mass is 320 g/mol. The predicted molar refractivity (Wildman–Crippen MR) is 84.9 cm³/mol. The number of aliphatic hydroxyl groups is 1. The zero-order chi connectivity index (χ0) is 16.8. The number of hydrogen-bond acceptors (Lipinski definition) is 6. The van der Waals surface area contributed by atoms with E-state index in [0.717, 1.165) is 16.8 Å². The molecule has 0 aliphatic heterocycles. The van der Waals surface area contributed by atoms with Gasteiger partial charge in [0, 0.05) is 56.7 Å². The molecule has 0 bridgehead atoms. The summed E-state index contributed by atoms with van der Waals surface area (Å²) < 4.78 is 6.57. The average Bonchev–Trinajstić information content (AvgIpc) is 2.88. The fourth-order valence-electron chi connectivity index (χ4n) is 2.28. The number of methoxy groups -OCH3 is 1. The lowest BCUT2D eigenvalue weighted by molar-refractivity contribution is -0.384. The first kappa shape index (κ1) is 17.1. The molecule has 0 amide bonds. The van der Waals surface area contributed by atoms with E-state index >= 15 is 0 Å². The van der Waals surface area contributed by atoms with Crippen molar-refractivity contribution in [2.24, 2.45) is 7.05 Å². The summed E-state index contributed by atoms with van der Waals surface area (Å²) >= 11 is 0. The maximum atomic E-state index is 10.7. The van der Waals surface area contributed by atoms with Gasteiger partial charge in [0.15, 0.2) is 0 Å². The van der Waals surface area contributed by atoms with Crippen LogP contribution in [0, 0.1) is 10.1 Å². The summed E-state index contributed by atoms with van der Waals surface area (Å²) in [5, 5.41) is 27.9. The van der Waals surface area contributed by atoms with E-state index in [4.69, 9.17) is 4.74 Å². The molecule has 1 unspecified atom stereocenters. The molecule has 0 saturated carbocycles. The third-order valence-corrected chi connectivity index (χ3v) is 3.31. The Morgan fingerprint density at radius 2 is 2.13 bits per heavy atom. The summed E-state index contributed by atoms with van der Waals surface area (Å²) in [6.45, 7) is 1.21. The molecule has 1 heterocycles. The first-order valence-electron chi connectivity index (χ1n) is 7.16. The second-order valence-corrected chi connectivity index (χ2v) is 5.22. The average molecular weight is 320 g/mol. The van der Waals surface area contributed by atoms with E-state index in [-0.39, 0.29) is 12.3 Å². The highest BCUT2D eigenvalue weighted by molar-refractivity contribution is 5.64. The molecule has 2 rings (SSSR count). The topological polar surface area (TPSA) is 102 Å². The van der Waals surface area contributed by atoms with Crippen LogP contribution in [0.3, 0.4) is 0 Å². The molecule has 1 aromatic heterocycles. The van der Waals surface area contributed by atoms with Gasteiger partial charge < -0.3 is 15.2 Å². The van der Waals surface area contributed by atoms with Crippen molar-refractivity contribution < 1.29 is 14.8 Å². The summed E-state index contributed by atoms with van der Waals surface area (Å²) in [7, 11) is 3.36. The third-order valence-electron chi connectivity index (χ3n) is 3.31. The number of rotatable bonds is 8. The number of ether oxygens (including phenoxy) is 1. The van der Waals surface area contributed by atoms with Gasteiger partial charge in [-0.25, -0.2) is 0 Å². The van der Waals surface area contributed by atoms with Crippen LogP contribution in [0.2, 0.25) is 0 Å². The van der Waals surface area contributed by atoms with E-state index in [1.54, 1.807) is 16.8 Å². The minimum Gasteiger partial charge on any atom is -0.389 e. The molecular formula is C15H20N4O4. The molecule has 0 radical (unpaired) electrons. The van der Waals surface area contributed by atoms with E-state index in [0.29, 0.717) is 13.1 Å². The largest absolute Gasteiger partial charge is 0.389 e. The van der Waals surface area contributed by atoms with E-state index < -0.39 is 11.0 Å². The predicted octanol–water partition coefficient (Wildman–Crippen LogP) is 1.09. The van der Waals surface area contributed by atoms with E-state index in [1.807, 2.05) is 13.2 Å². The number of nitro benzene ring substituents is 1. The van der Waals surface area contributed by atoms with Crippen LogP contribution in [-0.2, 0) is 18.3 Å². The maximum Gasteiger partial charge on any atom is 0.269 e. The SMILES string of the molecule is COCC(O)CNCc1cn(C)nc1-c1ccc([N+](=O)[O-])cc1. The van der Waals surface area contributed by atoms with Crippen molar-refractivity contribution in [1.29, 1.82) is 0 Å². The maximum absolute atomic E-state index is 10.7. The van der Waals surface area contributed by atoms with E-state index in [2.05, 4.69) is 10.4 Å². The summed E-state index contributed by atoms with van der Waals surface area (Å²) in [5.41, 5.74) is 2.57. The number of aryl methyl sites for hydroxylation is 1. The molecule has 1 atom stereocenters. The van der Waals surface area contributed by atoms with Crippen LogP contribution in [0.4, 0.5) is 5.69 Å². The van der Waals surface area contributed by atoms with Crippen LogP contribution in [0.1, 0.15) is 5.56 Å². The standard InChI is InChI=1S/C15H20N4O4/c1-18-9-12(7-16-8-14(20)10-23-2)15(17-18)11-3-5-13(6-4-11)19(21)22/h3-6,9,14,16,20H,7-8,10H2,1-2H3. The molecule has 0 saturated heterocycles. The third kappa shape index (κ3) is 4.59. The lowest BCUT2D eigenvalue weighted by atomic mass is 10.1. The zero-order valence-corrected chi connectivity index (χ0v) is 13.1.